The van der Waals surface area contributed by atoms with E-state index in [0.717, 1.165) is 5.69 Å². The van der Waals surface area contributed by atoms with Gasteiger partial charge in [-0.15, -0.1) is 0 Å². The molecule has 0 saturated heterocycles. The summed E-state index contributed by atoms with van der Waals surface area (Å²) in [5.41, 5.74) is 6.18. The molecule has 1 atom stereocenters. The lowest BCUT2D eigenvalue weighted by Crippen LogP contribution is -2.28. The zero-order valence-corrected chi connectivity index (χ0v) is 7.32. The Morgan fingerprint density at radius 3 is 2.92 bits per heavy atom. The molecule has 12 heavy (non-hydrogen) atoms. The molecular formula is C8H13N3O. The van der Waals surface area contributed by atoms with Crippen molar-refractivity contribution in [3.05, 3.63) is 18.0 Å². The van der Waals surface area contributed by atoms with Gasteiger partial charge in [-0.05, 0) is 13.0 Å². The van der Waals surface area contributed by atoms with Crippen molar-refractivity contribution in [2.24, 2.45) is 12.8 Å². The Hall–Kier alpha value is -1.16. The Morgan fingerprint density at radius 1 is 1.83 bits per heavy atom. The van der Waals surface area contributed by atoms with E-state index in [4.69, 9.17) is 5.73 Å². The predicted molar refractivity (Wildman–Crippen MR) is 45.6 cm³/mol. The number of nitrogens with zero attached hydrogens (tertiary/aromatic N) is 2. The lowest BCUT2D eigenvalue weighted by atomic mass is 10.1. The first-order valence-corrected chi connectivity index (χ1v) is 3.86. The smallest absolute Gasteiger partial charge is 0.155 e. The fraction of sp³-hybridized carbons (Fsp3) is 0.500. The third-order valence-electron chi connectivity index (χ3n) is 1.63. The van der Waals surface area contributed by atoms with Crippen LogP contribution in [-0.4, -0.2) is 21.6 Å². The maximum Gasteiger partial charge on any atom is 0.155 e. The molecule has 4 nitrogen and oxygen atoms in total. The summed E-state index contributed by atoms with van der Waals surface area (Å²) in [6.07, 6.45) is 2.14. The number of hydrogen-bond donors (Lipinski definition) is 1. The number of carbonyl (C=O) groups is 1. The van der Waals surface area contributed by atoms with Crippen molar-refractivity contribution in [3.63, 3.8) is 0 Å². The van der Waals surface area contributed by atoms with Gasteiger partial charge >= 0.3 is 0 Å². The Kier molecular flexibility index (Phi) is 2.60. The second-order valence-electron chi connectivity index (χ2n) is 2.91. The highest BCUT2D eigenvalue weighted by Gasteiger charge is 2.09. The topological polar surface area (TPSA) is 60.9 Å². The molecule has 2 N–H and O–H groups in total. The third kappa shape index (κ3) is 2.17. The van der Waals surface area contributed by atoms with Crippen LogP contribution in [0.5, 0.6) is 0 Å². The highest BCUT2D eigenvalue weighted by atomic mass is 16.1. The van der Waals surface area contributed by atoms with E-state index in [-0.39, 0.29) is 5.78 Å². The fourth-order valence-electron chi connectivity index (χ4n) is 0.897. The number of ketones is 1. The molecule has 0 amide bonds. The van der Waals surface area contributed by atoms with Crippen LogP contribution in [0.1, 0.15) is 12.6 Å². The zero-order chi connectivity index (χ0) is 9.14. The van der Waals surface area contributed by atoms with E-state index >= 15 is 0 Å². The molecule has 66 valence electrons. The van der Waals surface area contributed by atoms with Gasteiger partial charge in [0, 0.05) is 13.2 Å². The lowest BCUT2D eigenvalue weighted by molar-refractivity contribution is -0.119. The molecule has 0 aromatic carbocycles. The SMILES string of the molecule is CC(N)C(=O)Cc1ccn(C)n1. The minimum Gasteiger partial charge on any atom is -0.322 e. The van der Waals surface area contributed by atoms with E-state index < -0.39 is 6.04 Å². The molecule has 1 unspecified atom stereocenters. The molecule has 0 bridgehead atoms. The Balaban J connectivity index is 2.58. The molecule has 4 heteroatoms. The van der Waals surface area contributed by atoms with Crippen molar-refractivity contribution < 1.29 is 4.79 Å². The van der Waals surface area contributed by atoms with Crippen molar-refractivity contribution in [1.82, 2.24) is 9.78 Å². The highest BCUT2D eigenvalue weighted by Crippen LogP contribution is 1.97. The quantitative estimate of drug-likeness (QED) is 0.682. The molecule has 1 aromatic rings. The Labute approximate surface area is 71.4 Å². The van der Waals surface area contributed by atoms with E-state index in [0.29, 0.717) is 6.42 Å². The molecule has 0 saturated carbocycles. The summed E-state index contributed by atoms with van der Waals surface area (Å²) >= 11 is 0. The van der Waals surface area contributed by atoms with Crippen LogP contribution in [0.25, 0.3) is 0 Å². The van der Waals surface area contributed by atoms with E-state index in [1.165, 1.54) is 0 Å². The summed E-state index contributed by atoms with van der Waals surface area (Å²) in [6, 6.07) is 1.42. The summed E-state index contributed by atoms with van der Waals surface area (Å²) in [4.78, 5) is 11.1. The van der Waals surface area contributed by atoms with E-state index in [1.807, 2.05) is 19.3 Å². The van der Waals surface area contributed by atoms with Crippen LogP contribution in [-0.2, 0) is 18.3 Å². The van der Waals surface area contributed by atoms with Crippen molar-refractivity contribution in [1.29, 1.82) is 0 Å². The molecule has 0 fully saturated rings. The van der Waals surface area contributed by atoms with Gasteiger partial charge in [-0.1, -0.05) is 0 Å². The van der Waals surface area contributed by atoms with Gasteiger partial charge in [-0.25, -0.2) is 0 Å². The second-order valence-corrected chi connectivity index (χ2v) is 2.91. The van der Waals surface area contributed by atoms with Crippen LogP contribution in [0.3, 0.4) is 0 Å². The number of aromatic nitrogens is 2. The largest absolute Gasteiger partial charge is 0.322 e. The maximum absolute atomic E-state index is 11.1. The summed E-state index contributed by atoms with van der Waals surface area (Å²) in [6.45, 7) is 1.69. The summed E-state index contributed by atoms with van der Waals surface area (Å²) in [5.74, 6) is 0.0219. The Bertz CT molecular complexity index is 278. The predicted octanol–water partition coefficient (Wildman–Crippen LogP) is -0.121. The van der Waals surface area contributed by atoms with Gasteiger partial charge in [0.2, 0.25) is 0 Å². The highest BCUT2D eigenvalue weighted by molar-refractivity contribution is 5.85. The summed E-state index contributed by atoms with van der Waals surface area (Å²) in [5, 5.41) is 4.07. The second kappa shape index (κ2) is 3.49. The average molecular weight is 167 g/mol. The molecule has 0 radical (unpaired) electrons. The van der Waals surface area contributed by atoms with Gasteiger partial charge in [-0.3, -0.25) is 9.48 Å². The van der Waals surface area contributed by atoms with Gasteiger partial charge in [0.1, 0.15) is 0 Å². The molecule has 0 aliphatic heterocycles. The monoisotopic (exact) mass is 167 g/mol. The molecule has 1 rings (SSSR count). The van der Waals surface area contributed by atoms with Gasteiger partial charge in [0.05, 0.1) is 18.2 Å². The number of aryl methyl sites for hydroxylation is 1. The van der Waals surface area contributed by atoms with E-state index in [9.17, 15) is 4.79 Å². The molecule has 1 aromatic heterocycles. The maximum atomic E-state index is 11.1. The van der Waals surface area contributed by atoms with Crippen molar-refractivity contribution in [3.8, 4) is 0 Å². The lowest BCUT2D eigenvalue weighted by Gasteiger charge is -2.00. The van der Waals surface area contributed by atoms with Crippen molar-refractivity contribution in [2.75, 3.05) is 0 Å². The van der Waals surface area contributed by atoms with Crippen LogP contribution >= 0.6 is 0 Å². The summed E-state index contributed by atoms with van der Waals surface area (Å²) in [7, 11) is 1.82. The van der Waals surface area contributed by atoms with Crippen LogP contribution in [0.15, 0.2) is 12.3 Å². The number of carbonyl (C=O) groups excluding carboxylic acids is 1. The van der Waals surface area contributed by atoms with Crippen molar-refractivity contribution >= 4 is 5.78 Å². The fourth-order valence-corrected chi connectivity index (χ4v) is 0.897. The first-order chi connectivity index (χ1) is 5.59. The van der Waals surface area contributed by atoms with Crippen LogP contribution in [0, 0.1) is 0 Å². The Morgan fingerprint density at radius 2 is 2.50 bits per heavy atom. The molecule has 1 heterocycles. The molecule has 0 spiro atoms. The molecule has 0 aliphatic rings. The van der Waals surface area contributed by atoms with Crippen LogP contribution in [0.2, 0.25) is 0 Å². The van der Waals surface area contributed by atoms with E-state index in [1.54, 1.807) is 11.6 Å². The normalized spacial score (nSPS) is 12.9. The minimum absolute atomic E-state index is 0.0219. The van der Waals surface area contributed by atoms with Crippen LogP contribution < -0.4 is 5.73 Å². The first kappa shape index (κ1) is 8.93. The van der Waals surface area contributed by atoms with Gasteiger partial charge in [-0.2, -0.15) is 5.10 Å². The summed E-state index contributed by atoms with van der Waals surface area (Å²) < 4.78 is 1.67. The minimum atomic E-state index is -0.396. The van der Waals surface area contributed by atoms with Crippen LogP contribution in [0.4, 0.5) is 0 Å². The molecule has 0 aliphatic carbocycles. The number of nitrogens with two attached hydrogens (primary N) is 1. The van der Waals surface area contributed by atoms with Gasteiger partial charge in [0.25, 0.3) is 0 Å². The first-order valence-electron chi connectivity index (χ1n) is 3.86. The van der Waals surface area contributed by atoms with Gasteiger partial charge in [0.15, 0.2) is 5.78 Å². The van der Waals surface area contributed by atoms with E-state index in [2.05, 4.69) is 5.10 Å². The standard InChI is InChI=1S/C8H13N3O/c1-6(9)8(12)5-7-3-4-11(2)10-7/h3-4,6H,5,9H2,1-2H3. The number of rotatable bonds is 3. The number of Topliss-reactive ketones (excluding diaryl/α,β-unsaturated/α-hetero) is 1. The third-order valence-corrected chi connectivity index (χ3v) is 1.63. The number of hydrogen-bond acceptors (Lipinski definition) is 3. The molecular weight excluding hydrogens is 154 g/mol. The van der Waals surface area contributed by atoms with Crippen molar-refractivity contribution in [2.45, 2.75) is 19.4 Å². The zero-order valence-electron chi connectivity index (χ0n) is 7.32. The average Bonchev–Trinajstić information content (AvgIpc) is 2.35. The van der Waals surface area contributed by atoms with Gasteiger partial charge < -0.3 is 5.73 Å².